The highest BCUT2D eigenvalue weighted by molar-refractivity contribution is 7.80. The van der Waals surface area contributed by atoms with Crippen molar-refractivity contribution in [2.75, 3.05) is 5.75 Å². The molecule has 0 bridgehead atoms. The molecule has 1 aromatic carbocycles. The molecule has 0 aromatic heterocycles. The van der Waals surface area contributed by atoms with Crippen molar-refractivity contribution in [3.05, 3.63) is 35.9 Å². The molecule has 0 N–H and O–H groups in total. The number of rotatable bonds is 3. The van der Waals surface area contributed by atoms with Gasteiger partial charge in [0.2, 0.25) is 0 Å². The summed E-state index contributed by atoms with van der Waals surface area (Å²) in [6.07, 6.45) is 1.17. The second kappa shape index (κ2) is 4.45. The Morgan fingerprint density at radius 2 is 1.91 bits per heavy atom. The first-order valence-corrected chi connectivity index (χ1v) is 4.67. The molecule has 0 fully saturated rings. The minimum absolute atomic E-state index is 0.625. The van der Waals surface area contributed by atoms with E-state index < -0.39 is 0 Å². The third-order valence-electron chi connectivity index (χ3n) is 1.98. The van der Waals surface area contributed by atoms with Crippen LogP contribution in [-0.4, -0.2) is 5.75 Å². The van der Waals surface area contributed by atoms with E-state index in [-0.39, 0.29) is 0 Å². The van der Waals surface area contributed by atoms with Crippen LogP contribution in [0, 0.1) is 0 Å². The molecule has 60 valence electrons. The van der Waals surface area contributed by atoms with Crippen molar-refractivity contribution in [1.82, 2.24) is 0 Å². The molecule has 1 atom stereocenters. The summed E-state index contributed by atoms with van der Waals surface area (Å²) in [5, 5.41) is 0. The Hall–Kier alpha value is -0.430. The van der Waals surface area contributed by atoms with Crippen LogP contribution in [-0.2, 0) is 0 Å². The second-order valence-electron chi connectivity index (χ2n) is 2.70. The minimum atomic E-state index is 0.625. The molecular formula is C10H14S. The van der Waals surface area contributed by atoms with Gasteiger partial charge in [-0.15, -0.1) is 0 Å². The molecule has 0 radical (unpaired) electrons. The highest BCUT2D eigenvalue weighted by Gasteiger charge is 2.04. The van der Waals surface area contributed by atoms with Crippen molar-refractivity contribution in [2.24, 2.45) is 0 Å². The average molecular weight is 166 g/mol. The van der Waals surface area contributed by atoms with Crippen molar-refractivity contribution >= 4 is 12.6 Å². The number of hydrogen-bond acceptors (Lipinski definition) is 1. The van der Waals surface area contributed by atoms with Gasteiger partial charge in [-0.25, -0.2) is 0 Å². The minimum Gasteiger partial charge on any atom is -0.179 e. The standard InChI is InChI=1S/C10H14S/c1-2-9(8-11)10-6-4-3-5-7-10/h3-7,9,11H,2,8H2,1H3/t9-/m1/s1. The van der Waals surface area contributed by atoms with Gasteiger partial charge in [0, 0.05) is 0 Å². The highest BCUT2D eigenvalue weighted by Crippen LogP contribution is 2.19. The van der Waals surface area contributed by atoms with Crippen LogP contribution in [0.25, 0.3) is 0 Å². The molecule has 1 heteroatoms. The van der Waals surface area contributed by atoms with Crippen LogP contribution in [0.2, 0.25) is 0 Å². The predicted octanol–water partition coefficient (Wildman–Crippen LogP) is 3.11. The average Bonchev–Trinajstić information content (AvgIpc) is 2.09. The maximum Gasteiger partial charge on any atom is -0.00290 e. The summed E-state index contributed by atoms with van der Waals surface area (Å²) in [5.41, 5.74) is 1.41. The van der Waals surface area contributed by atoms with Gasteiger partial charge in [0.05, 0.1) is 0 Å². The van der Waals surface area contributed by atoms with Gasteiger partial charge in [-0.2, -0.15) is 12.6 Å². The quantitative estimate of drug-likeness (QED) is 0.655. The lowest BCUT2D eigenvalue weighted by atomic mass is 9.99. The van der Waals surface area contributed by atoms with E-state index in [4.69, 9.17) is 0 Å². The topological polar surface area (TPSA) is 0 Å². The summed E-state index contributed by atoms with van der Waals surface area (Å²) in [7, 11) is 0. The monoisotopic (exact) mass is 166 g/mol. The number of thiol groups is 1. The van der Waals surface area contributed by atoms with Crippen molar-refractivity contribution in [3.63, 3.8) is 0 Å². The predicted molar refractivity (Wildman–Crippen MR) is 53.3 cm³/mol. The lowest BCUT2D eigenvalue weighted by Gasteiger charge is -2.10. The summed E-state index contributed by atoms with van der Waals surface area (Å²) in [6.45, 7) is 2.20. The van der Waals surface area contributed by atoms with E-state index in [2.05, 4.69) is 49.9 Å². The summed E-state index contributed by atoms with van der Waals surface area (Å²) in [5.74, 6) is 1.57. The Bertz CT molecular complexity index is 189. The zero-order chi connectivity index (χ0) is 8.10. The highest BCUT2D eigenvalue weighted by atomic mass is 32.1. The van der Waals surface area contributed by atoms with E-state index in [1.165, 1.54) is 12.0 Å². The summed E-state index contributed by atoms with van der Waals surface area (Å²) < 4.78 is 0. The van der Waals surface area contributed by atoms with E-state index in [0.29, 0.717) is 5.92 Å². The molecule has 0 unspecified atom stereocenters. The molecule has 0 spiro atoms. The van der Waals surface area contributed by atoms with Gasteiger partial charge >= 0.3 is 0 Å². The molecule has 1 rings (SSSR count). The van der Waals surface area contributed by atoms with Gasteiger partial charge in [-0.05, 0) is 23.7 Å². The lowest BCUT2D eigenvalue weighted by molar-refractivity contribution is 0.746. The van der Waals surface area contributed by atoms with E-state index in [1.54, 1.807) is 0 Å². The first-order valence-electron chi connectivity index (χ1n) is 4.04. The van der Waals surface area contributed by atoms with E-state index in [1.807, 2.05) is 0 Å². The van der Waals surface area contributed by atoms with Gasteiger partial charge in [-0.3, -0.25) is 0 Å². The van der Waals surface area contributed by atoms with E-state index in [9.17, 15) is 0 Å². The summed E-state index contributed by atoms with van der Waals surface area (Å²) in [4.78, 5) is 0. The molecule has 0 aliphatic heterocycles. The molecule has 1 aromatic rings. The fourth-order valence-corrected chi connectivity index (χ4v) is 1.66. The molecule has 0 saturated heterocycles. The second-order valence-corrected chi connectivity index (χ2v) is 3.06. The first-order chi connectivity index (χ1) is 5.38. The van der Waals surface area contributed by atoms with Crippen LogP contribution < -0.4 is 0 Å². The fraction of sp³-hybridized carbons (Fsp3) is 0.400. The third-order valence-corrected chi connectivity index (χ3v) is 2.42. The lowest BCUT2D eigenvalue weighted by Crippen LogP contribution is -1.97. The van der Waals surface area contributed by atoms with Crippen LogP contribution in [0.5, 0.6) is 0 Å². The Morgan fingerprint density at radius 3 is 2.36 bits per heavy atom. The van der Waals surface area contributed by atoms with Crippen LogP contribution in [0.1, 0.15) is 24.8 Å². The molecule has 0 nitrogen and oxygen atoms in total. The molecule has 11 heavy (non-hydrogen) atoms. The largest absolute Gasteiger partial charge is 0.179 e. The van der Waals surface area contributed by atoms with E-state index >= 15 is 0 Å². The summed E-state index contributed by atoms with van der Waals surface area (Å²) in [6, 6.07) is 10.6. The van der Waals surface area contributed by atoms with Crippen LogP contribution >= 0.6 is 12.6 Å². The van der Waals surface area contributed by atoms with E-state index in [0.717, 1.165) is 5.75 Å². The number of hydrogen-bond donors (Lipinski definition) is 1. The Kier molecular flexibility index (Phi) is 3.50. The van der Waals surface area contributed by atoms with Crippen molar-refractivity contribution < 1.29 is 0 Å². The Morgan fingerprint density at radius 1 is 1.27 bits per heavy atom. The van der Waals surface area contributed by atoms with Gasteiger partial charge in [0.15, 0.2) is 0 Å². The Labute approximate surface area is 74.0 Å². The SMILES string of the molecule is CC[C@H](CS)c1ccccc1. The molecule has 0 aliphatic carbocycles. The fourth-order valence-electron chi connectivity index (χ4n) is 1.20. The van der Waals surface area contributed by atoms with Crippen LogP contribution in [0.3, 0.4) is 0 Å². The van der Waals surface area contributed by atoms with Gasteiger partial charge in [-0.1, -0.05) is 37.3 Å². The zero-order valence-corrected chi connectivity index (χ0v) is 7.72. The van der Waals surface area contributed by atoms with Crippen molar-refractivity contribution in [3.8, 4) is 0 Å². The normalized spacial score (nSPS) is 12.9. The Balaban J connectivity index is 2.74. The smallest absolute Gasteiger partial charge is 0.00290 e. The maximum atomic E-state index is 4.31. The van der Waals surface area contributed by atoms with Gasteiger partial charge in [0.25, 0.3) is 0 Å². The molecule has 0 amide bonds. The maximum absolute atomic E-state index is 4.31. The molecule has 0 aliphatic rings. The third kappa shape index (κ3) is 2.26. The van der Waals surface area contributed by atoms with Crippen LogP contribution in [0.4, 0.5) is 0 Å². The van der Waals surface area contributed by atoms with Gasteiger partial charge < -0.3 is 0 Å². The number of benzene rings is 1. The molecule has 0 heterocycles. The molecule has 0 saturated carbocycles. The first kappa shape index (κ1) is 8.66. The van der Waals surface area contributed by atoms with Gasteiger partial charge in [0.1, 0.15) is 0 Å². The van der Waals surface area contributed by atoms with Crippen molar-refractivity contribution in [2.45, 2.75) is 19.3 Å². The molecular weight excluding hydrogens is 152 g/mol. The van der Waals surface area contributed by atoms with Crippen LogP contribution in [0.15, 0.2) is 30.3 Å². The zero-order valence-electron chi connectivity index (χ0n) is 6.83. The van der Waals surface area contributed by atoms with Crippen molar-refractivity contribution in [1.29, 1.82) is 0 Å². The summed E-state index contributed by atoms with van der Waals surface area (Å²) >= 11 is 4.31.